The fraction of sp³-hybridized carbons (Fsp3) is 0.375. The number of ether oxygens (including phenoxy) is 1. The van der Waals surface area contributed by atoms with E-state index >= 15 is 0 Å². The second-order valence-corrected chi connectivity index (χ2v) is 8.52. The van der Waals surface area contributed by atoms with Crippen LogP contribution in [-0.4, -0.2) is 45.0 Å². The van der Waals surface area contributed by atoms with E-state index in [0.717, 1.165) is 43.3 Å². The fourth-order valence-electron chi connectivity index (χ4n) is 4.57. The summed E-state index contributed by atoms with van der Waals surface area (Å²) >= 11 is 0. The average molecular weight is 418 g/mol. The van der Waals surface area contributed by atoms with E-state index in [2.05, 4.69) is 46.2 Å². The molecule has 1 fully saturated rings. The van der Waals surface area contributed by atoms with Crippen LogP contribution in [0.3, 0.4) is 0 Å². The molecule has 1 N–H and O–H groups in total. The van der Waals surface area contributed by atoms with Gasteiger partial charge in [-0.1, -0.05) is 6.07 Å². The Morgan fingerprint density at radius 1 is 1.23 bits per heavy atom. The van der Waals surface area contributed by atoms with E-state index in [4.69, 9.17) is 4.74 Å². The normalized spacial score (nSPS) is 18.8. The highest BCUT2D eigenvalue weighted by molar-refractivity contribution is 5.94. The molecule has 1 aromatic carbocycles. The molecule has 160 valence electrons. The molecule has 0 saturated carbocycles. The number of hydrogen-bond acceptors (Lipinski definition) is 6. The number of aryl methyl sites for hydroxylation is 2. The highest BCUT2D eigenvalue weighted by Gasteiger charge is 2.28. The molecule has 4 heterocycles. The lowest BCUT2D eigenvalue weighted by Crippen LogP contribution is -2.45. The van der Waals surface area contributed by atoms with Crippen molar-refractivity contribution in [3.63, 3.8) is 0 Å². The predicted octanol–water partition coefficient (Wildman–Crippen LogP) is 3.01. The highest BCUT2D eigenvalue weighted by Crippen LogP contribution is 2.30. The van der Waals surface area contributed by atoms with Gasteiger partial charge in [0.25, 0.3) is 0 Å². The van der Waals surface area contributed by atoms with E-state index in [1.54, 1.807) is 6.33 Å². The lowest BCUT2D eigenvalue weighted by atomic mass is 9.93. The third kappa shape index (κ3) is 3.75. The second-order valence-electron chi connectivity index (χ2n) is 8.52. The van der Waals surface area contributed by atoms with E-state index in [9.17, 15) is 4.79 Å². The summed E-state index contributed by atoms with van der Waals surface area (Å²) in [6, 6.07) is 6.35. The number of fused-ring (bicyclic) bond motifs is 1. The van der Waals surface area contributed by atoms with Gasteiger partial charge in [0.1, 0.15) is 18.8 Å². The molecule has 0 amide bonds. The smallest absolute Gasteiger partial charge is 0.338 e. The van der Waals surface area contributed by atoms with E-state index in [1.165, 1.54) is 22.3 Å². The van der Waals surface area contributed by atoms with Crippen LogP contribution < -0.4 is 5.32 Å². The first-order valence-electron chi connectivity index (χ1n) is 10.7. The van der Waals surface area contributed by atoms with Gasteiger partial charge in [0.2, 0.25) is 0 Å². The fourth-order valence-corrected chi connectivity index (χ4v) is 4.57. The third-order valence-corrected chi connectivity index (χ3v) is 6.42. The summed E-state index contributed by atoms with van der Waals surface area (Å²) in [6.45, 7) is 10.3. The number of carbonyl (C=O) groups excluding carboxylic acids is 1. The number of piperazine rings is 1. The first kappa shape index (κ1) is 19.9. The summed E-state index contributed by atoms with van der Waals surface area (Å²) < 4.78 is 7.18. The number of carbonyl (C=O) groups is 1. The van der Waals surface area contributed by atoms with Gasteiger partial charge in [-0.05, 0) is 55.2 Å². The van der Waals surface area contributed by atoms with E-state index < -0.39 is 0 Å². The van der Waals surface area contributed by atoms with Crippen LogP contribution in [0, 0.1) is 20.8 Å². The van der Waals surface area contributed by atoms with Gasteiger partial charge in [-0.15, -0.1) is 0 Å². The number of pyridine rings is 1. The summed E-state index contributed by atoms with van der Waals surface area (Å²) in [4.78, 5) is 23.3. The van der Waals surface area contributed by atoms with Crippen molar-refractivity contribution in [1.82, 2.24) is 24.8 Å². The van der Waals surface area contributed by atoms with Crippen LogP contribution in [0.5, 0.6) is 0 Å². The van der Waals surface area contributed by atoms with E-state index in [0.29, 0.717) is 12.2 Å². The van der Waals surface area contributed by atoms with Gasteiger partial charge in [-0.25, -0.2) is 14.8 Å². The Morgan fingerprint density at radius 2 is 2.10 bits per heavy atom. The molecule has 31 heavy (non-hydrogen) atoms. The molecular weight excluding hydrogens is 390 g/mol. The lowest BCUT2D eigenvalue weighted by Gasteiger charge is -2.35. The number of aromatic nitrogens is 3. The van der Waals surface area contributed by atoms with Gasteiger partial charge >= 0.3 is 5.97 Å². The first-order chi connectivity index (χ1) is 15.0. The van der Waals surface area contributed by atoms with Gasteiger partial charge < -0.3 is 10.1 Å². The van der Waals surface area contributed by atoms with Crippen LogP contribution in [0.1, 0.15) is 49.9 Å². The molecule has 2 aliphatic rings. The minimum atomic E-state index is -0.208. The van der Waals surface area contributed by atoms with E-state index in [1.807, 2.05) is 30.0 Å². The molecule has 2 aliphatic heterocycles. The molecule has 7 nitrogen and oxygen atoms in total. The van der Waals surface area contributed by atoms with Gasteiger partial charge in [-0.3, -0.25) is 9.47 Å². The van der Waals surface area contributed by atoms with E-state index in [-0.39, 0.29) is 12.0 Å². The SMILES string of the molecule is Cc1cn(-c2cc(C)c(CN3CCNC(c4ccc5c(c4C)COC5=O)C3)cn2)cn1. The maximum Gasteiger partial charge on any atom is 0.338 e. The minimum Gasteiger partial charge on any atom is -0.457 e. The Morgan fingerprint density at radius 3 is 2.87 bits per heavy atom. The van der Waals surface area contributed by atoms with Crippen LogP contribution >= 0.6 is 0 Å². The van der Waals surface area contributed by atoms with Crippen molar-refractivity contribution in [2.45, 2.75) is 40.0 Å². The van der Waals surface area contributed by atoms with Crippen LogP contribution in [-0.2, 0) is 17.9 Å². The number of cyclic esters (lactones) is 1. The molecule has 5 rings (SSSR count). The molecule has 7 heteroatoms. The summed E-state index contributed by atoms with van der Waals surface area (Å²) in [7, 11) is 0. The second kappa shape index (κ2) is 7.90. The molecular formula is C24H27N5O2. The van der Waals surface area contributed by atoms with Crippen molar-refractivity contribution >= 4 is 5.97 Å². The zero-order chi connectivity index (χ0) is 21.5. The molecule has 3 aromatic rings. The average Bonchev–Trinajstić information content (AvgIpc) is 3.36. The maximum absolute atomic E-state index is 11.9. The number of nitrogens with one attached hydrogen (secondary N) is 1. The van der Waals surface area contributed by atoms with Gasteiger partial charge in [0, 0.05) is 50.2 Å². The quantitative estimate of drug-likeness (QED) is 0.658. The lowest BCUT2D eigenvalue weighted by molar-refractivity contribution is 0.0535. The Bertz CT molecular complexity index is 1150. The van der Waals surface area contributed by atoms with Crippen molar-refractivity contribution in [3.8, 4) is 5.82 Å². The summed E-state index contributed by atoms with van der Waals surface area (Å²) in [6.07, 6.45) is 5.77. The van der Waals surface area contributed by atoms with Crippen molar-refractivity contribution in [2.75, 3.05) is 19.6 Å². The van der Waals surface area contributed by atoms with Crippen molar-refractivity contribution in [1.29, 1.82) is 0 Å². The van der Waals surface area contributed by atoms with Gasteiger partial charge in [-0.2, -0.15) is 0 Å². The predicted molar refractivity (Wildman–Crippen MR) is 117 cm³/mol. The van der Waals surface area contributed by atoms with Crippen LogP contribution in [0.2, 0.25) is 0 Å². The largest absolute Gasteiger partial charge is 0.457 e. The molecule has 1 unspecified atom stereocenters. The number of hydrogen-bond donors (Lipinski definition) is 1. The molecule has 1 atom stereocenters. The first-order valence-corrected chi connectivity index (χ1v) is 10.7. The molecule has 0 spiro atoms. The number of esters is 1. The van der Waals surface area contributed by atoms with Crippen LogP contribution in [0.4, 0.5) is 0 Å². The Labute approximate surface area is 182 Å². The molecule has 0 aliphatic carbocycles. The van der Waals surface area contributed by atoms with Crippen LogP contribution in [0.25, 0.3) is 5.82 Å². The highest BCUT2D eigenvalue weighted by atomic mass is 16.5. The standard InChI is InChI=1S/C24H27N5O2/c1-15-8-23(29-10-16(2)27-14-29)26-9-18(15)11-28-7-6-25-22(12-28)19-4-5-20-21(17(19)3)13-31-24(20)30/h4-5,8-10,14,22,25H,6-7,11-13H2,1-3H3. The number of rotatable bonds is 4. The minimum absolute atomic E-state index is 0.208. The van der Waals surface area contributed by atoms with Crippen molar-refractivity contribution in [2.24, 2.45) is 0 Å². The summed E-state index contributed by atoms with van der Waals surface area (Å²) in [5.74, 6) is 0.686. The topological polar surface area (TPSA) is 72.3 Å². The van der Waals surface area contributed by atoms with Gasteiger partial charge in [0.15, 0.2) is 0 Å². The Hall–Kier alpha value is -3.03. The molecule has 0 radical (unpaired) electrons. The monoisotopic (exact) mass is 417 g/mol. The van der Waals surface area contributed by atoms with Crippen molar-refractivity contribution < 1.29 is 9.53 Å². The van der Waals surface area contributed by atoms with Gasteiger partial charge in [0.05, 0.1) is 11.3 Å². The number of imidazole rings is 1. The zero-order valence-electron chi connectivity index (χ0n) is 18.2. The Kier molecular flexibility index (Phi) is 5.08. The summed E-state index contributed by atoms with van der Waals surface area (Å²) in [5, 5.41) is 3.65. The number of nitrogens with zero attached hydrogens (tertiary/aromatic N) is 4. The summed E-state index contributed by atoms with van der Waals surface area (Å²) in [5.41, 5.74) is 7.62. The van der Waals surface area contributed by atoms with Crippen molar-refractivity contribution in [3.05, 3.63) is 76.0 Å². The van der Waals surface area contributed by atoms with Crippen LogP contribution in [0.15, 0.2) is 36.9 Å². The number of benzene rings is 1. The Balaban J connectivity index is 1.32. The maximum atomic E-state index is 11.9. The molecule has 1 saturated heterocycles. The molecule has 0 bridgehead atoms. The molecule has 2 aromatic heterocycles. The third-order valence-electron chi connectivity index (χ3n) is 6.42. The zero-order valence-corrected chi connectivity index (χ0v) is 18.2.